The number of fused-ring (bicyclic) bond motifs is 1. The molecule has 3 aromatic rings. The molecular formula is C30H29F3N4O7. The van der Waals surface area contributed by atoms with E-state index in [1.807, 2.05) is 0 Å². The highest BCUT2D eigenvalue weighted by Gasteiger charge is 2.42. The molecule has 3 aromatic carbocycles. The topological polar surface area (TPSA) is 173 Å². The molecule has 0 aromatic heterocycles. The number of hydrogen-bond acceptors (Lipinski definition) is 8. The summed E-state index contributed by atoms with van der Waals surface area (Å²) in [5.74, 6) is -5.69. The number of anilines is 2. The van der Waals surface area contributed by atoms with Crippen LogP contribution in [0.5, 0.6) is 0 Å². The van der Waals surface area contributed by atoms with E-state index in [0.717, 1.165) is 16.9 Å². The summed E-state index contributed by atoms with van der Waals surface area (Å²) < 4.78 is 40.6. The Morgan fingerprint density at radius 1 is 0.977 bits per heavy atom. The van der Waals surface area contributed by atoms with Gasteiger partial charge in [-0.3, -0.25) is 19.3 Å². The van der Waals surface area contributed by atoms with Crippen LogP contribution < -0.4 is 21.3 Å². The van der Waals surface area contributed by atoms with E-state index < -0.39 is 42.6 Å². The number of carbonyl (C=O) groups excluding carboxylic acids is 5. The second kappa shape index (κ2) is 14.4. The smallest absolute Gasteiger partial charge is 0.385 e. The minimum Gasteiger partial charge on any atom is -0.385 e. The second-order valence-electron chi connectivity index (χ2n) is 9.51. The molecule has 11 nitrogen and oxygen atoms in total. The number of alkyl halides is 3. The van der Waals surface area contributed by atoms with E-state index in [0.29, 0.717) is 23.4 Å². The first-order valence-electron chi connectivity index (χ1n) is 13.1. The molecule has 0 aliphatic carbocycles. The van der Waals surface area contributed by atoms with Crippen molar-refractivity contribution in [1.29, 1.82) is 0 Å². The molecule has 1 atom stereocenters. The molecule has 0 bridgehead atoms. The van der Waals surface area contributed by atoms with Crippen LogP contribution in [0, 0.1) is 0 Å². The lowest BCUT2D eigenvalue weighted by molar-refractivity contribution is -0.201. The Morgan fingerprint density at radius 3 is 2.25 bits per heavy atom. The number of esters is 2. The predicted molar refractivity (Wildman–Crippen MR) is 152 cm³/mol. The Kier molecular flexibility index (Phi) is 10.9. The summed E-state index contributed by atoms with van der Waals surface area (Å²) in [7, 11) is 0. The van der Waals surface area contributed by atoms with Gasteiger partial charge in [0, 0.05) is 35.6 Å². The summed E-state index contributed by atoms with van der Waals surface area (Å²) in [6.45, 7) is 1.26. The van der Waals surface area contributed by atoms with E-state index >= 15 is 0 Å². The minimum atomic E-state index is -5.31. The fraction of sp³-hybridized carbons (Fsp3) is 0.233. The zero-order valence-electron chi connectivity index (χ0n) is 23.4. The van der Waals surface area contributed by atoms with Crippen LogP contribution in [0.25, 0.3) is 0 Å². The van der Waals surface area contributed by atoms with Crippen LogP contribution in [0.1, 0.15) is 38.8 Å². The van der Waals surface area contributed by atoms with Gasteiger partial charge in [-0.25, -0.2) is 9.59 Å². The maximum absolute atomic E-state index is 12.8. The van der Waals surface area contributed by atoms with Crippen LogP contribution >= 0.6 is 0 Å². The third-order valence-corrected chi connectivity index (χ3v) is 6.34. The summed E-state index contributed by atoms with van der Waals surface area (Å²) in [5.41, 5.74) is 13.9. The standard InChI is InChI=1S/C18H15F3N2O4.C12H14N2O3/c19-18(20,21)17(26)27-15(24)11-23(14-7-2-1-3-8-14)16(25)13-6-4-5-12(9-13)10-22;1-7(15)12(17)14-5-4-8-2-3-9(11(13)16)6-10(8)14/h1-9H,10-11,22H2;2-3,6-7,15H,4-5H2,1H3,(H2,13,16)/t;7-/m.0/s1. The zero-order valence-corrected chi connectivity index (χ0v) is 23.4. The molecule has 1 heterocycles. The van der Waals surface area contributed by atoms with Crippen molar-refractivity contribution >= 4 is 41.0 Å². The van der Waals surface area contributed by atoms with Gasteiger partial charge in [-0.2, -0.15) is 13.2 Å². The SMILES string of the molecule is C[C@H](O)C(=O)N1CCc2ccc(C(N)=O)cc21.NCc1cccc(C(=O)N(CC(=O)OC(=O)C(F)(F)F)c2ccccc2)c1. The van der Waals surface area contributed by atoms with Gasteiger partial charge in [-0.05, 0) is 60.9 Å². The Bertz CT molecular complexity index is 1550. The Hall–Kier alpha value is -5.08. The number of rotatable bonds is 7. The normalized spacial score (nSPS) is 12.7. The lowest BCUT2D eigenvalue weighted by atomic mass is 10.1. The molecule has 1 aliphatic heterocycles. The molecule has 0 unspecified atom stereocenters. The van der Waals surface area contributed by atoms with Gasteiger partial charge in [0.15, 0.2) is 0 Å². The van der Waals surface area contributed by atoms with Crippen LogP contribution in [-0.4, -0.2) is 60.1 Å². The van der Waals surface area contributed by atoms with Crippen LogP contribution in [0.3, 0.4) is 0 Å². The summed E-state index contributed by atoms with van der Waals surface area (Å²) in [6, 6.07) is 19.1. The van der Waals surface area contributed by atoms with Crippen molar-refractivity contribution in [3.8, 4) is 0 Å². The number of amides is 3. The molecule has 44 heavy (non-hydrogen) atoms. The molecule has 4 rings (SSSR count). The summed E-state index contributed by atoms with van der Waals surface area (Å²) in [4.78, 5) is 60.7. The van der Waals surface area contributed by atoms with Crippen LogP contribution in [0.2, 0.25) is 0 Å². The number of halogens is 3. The highest BCUT2D eigenvalue weighted by Crippen LogP contribution is 2.29. The Balaban J connectivity index is 0.000000266. The van der Waals surface area contributed by atoms with Crippen LogP contribution in [0.15, 0.2) is 72.8 Å². The van der Waals surface area contributed by atoms with Gasteiger partial charge in [0.25, 0.3) is 11.8 Å². The number of hydrogen-bond donors (Lipinski definition) is 3. The Morgan fingerprint density at radius 2 is 1.66 bits per heavy atom. The highest BCUT2D eigenvalue weighted by molar-refractivity contribution is 6.09. The number of benzene rings is 3. The summed E-state index contributed by atoms with van der Waals surface area (Å²) in [5, 5.41) is 9.30. The van der Waals surface area contributed by atoms with E-state index in [1.165, 1.54) is 36.1 Å². The fourth-order valence-corrected chi connectivity index (χ4v) is 4.19. The van der Waals surface area contributed by atoms with Gasteiger partial charge >= 0.3 is 18.1 Å². The van der Waals surface area contributed by atoms with Gasteiger partial charge in [0.05, 0.1) is 0 Å². The molecule has 0 saturated heterocycles. The molecule has 0 spiro atoms. The first kappa shape index (κ1) is 33.4. The van der Waals surface area contributed by atoms with Crippen molar-refractivity contribution in [3.63, 3.8) is 0 Å². The van der Waals surface area contributed by atoms with Crippen LogP contribution in [0.4, 0.5) is 24.5 Å². The van der Waals surface area contributed by atoms with Gasteiger partial charge < -0.3 is 26.2 Å². The Labute approximate surface area is 249 Å². The number of para-hydroxylation sites is 1. The van der Waals surface area contributed by atoms with E-state index in [-0.39, 0.29) is 23.7 Å². The van der Waals surface area contributed by atoms with Gasteiger partial charge in [0.2, 0.25) is 5.91 Å². The molecule has 0 saturated carbocycles. The molecule has 1 aliphatic rings. The third kappa shape index (κ3) is 8.49. The van der Waals surface area contributed by atoms with E-state index in [9.17, 15) is 42.3 Å². The summed E-state index contributed by atoms with van der Waals surface area (Å²) in [6.07, 6.45) is -5.63. The number of nitrogens with zero attached hydrogens (tertiary/aromatic N) is 2. The molecule has 14 heteroatoms. The maximum atomic E-state index is 12.8. The van der Waals surface area contributed by atoms with Crippen molar-refractivity contribution in [3.05, 3.63) is 95.1 Å². The monoisotopic (exact) mass is 614 g/mol. The quantitative estimate of drug-likeness (QED) is 0.269. The first-order valence-corrected chi connectivity index (χ1v) is 13.1. The minimum absolute atomic E-state index is 0.175. The number of ether oxygens (including phenoxy) is 1. The van der Waals surface area contributed by atoms with Gasteiger partial charge in [0.1, 0.15) is 12.6 Å². The largest absolute Gasteiger partial charge is 0.491 e. The number of nitrogens with two attached hydrogens (primary N) is 2. The van der Waals surface area contributed by atoms with Crippen molar-refractivity contribution in [1.82, 2.24) is 0 Å². The molecule has 0 fully saturated rings. The average molecular weight is 615 g/mol. The van der Waals surface area contributed by atoms with Crippen molar-refractivity contribution in [2.75, 3.05) is 22.9 Å². The van der Waals surface area contributed by atoms with E-state index in [2.05, 4.69) is 4.74 Å². The molecule has 3 amide bonds. The van der Waals surface area contributed by atoms with E-state index in [1.54, 1.807) is 48.5 Å². The van der Waals surface area contributed by atoms with Crippen molar-refractivity contribution in [2.45, 2.75) is 32.2 Å². The van der Waals surface area contributed by atoms with Crippen molar-refractivity contribution in [2.24, 2.45) is 11.5 Å². The number of primary amides is 1. The second-order valence-corrected chi connectivity index (χ2v) is 9.51. The maximum Gasteiger partial charge on any atom is 0.491 e. The fourth-order valence-electron chi connectivity index (χ4n) is 4.19. The number of aliphatic hydroxyl groups excluding tert-OH is 1. The molecule has 232 valence electrons. The highest BCUT2D eigenvalue weighted by atomic mass is 19.4. The number of carbonyl (C=O) groups is 5. The molecule has 5 N–H and O–H groups in total. The van der Waals surface area contributed by atoms with Crippen LogP contribution in [-0.2, 0) is 32.1 Å². The van der Waals surface area contributed by atoms with E-state index in [4.69, 9.17) is 11.5 Å². The van der Waals surface area contributed by atoms with Gasteiger partial charge in [-0.1, -0.05) is 36.4 Å². The number of aliphatic hydroxyl groups is 1. The summed E-state index contributed by atoms with van der Waals surface area (Å²) >= 11 is 0. The lowest BCUT2D eigenvalue weighted by Crippen LogP contribution is -2.39. The zero-order chi connectivity index (χ0) is 32.6. The van der Waals surface area contributed by atoms with Gasteiger partial charge in [-0.15, -0.1) is 0 Å². The lowest BCUT2D eigenvalue weighted by Gasteiger charge is -2.22. The predicted octanol–water partition coefficient (Wildman–Crippen LogP) is 2.48. The first-order chi connectivity index (χ1) is 20.7. The van der Waals surface area contributed by atoms with Crippen molar-refractivity contribution < 1.29 is 47.0 Å². The molecular weight excluding hydrogens is 585 g/mol. The third-order valence-electron chi connectivity index (χ3n) is 6.34. The molecule has 0 radical (unpaired) electrons. The average Bonchev–Trinajstić information content (AvgIpc) is 3.42.